The minimum atomic E-state index is -0.737. The molecule has 0 radical (unpaired) electrons. The Balaban J connectivity index is 1.00. The number of fused-ring (bicyclic) bond motifs is 6. The van der Waals surface area contributed by atoms with Crippen molar-refractivity contribution in [3.05, 3.63) is 302 Å². The molecule has 0 aliphatic heterocycles. The van der Waals surface area contributed by atoms with Crippen LogP contribution in [0.2, 0.25) is 0 Å². The van der Waals surface area contributed by atoms with E-state index in [-0.39, 0.29) is 0 Å². The zero-order valence-electron chi connectivity index (χ0n) is 38.5. The smallest absolute Gasteiger partial charge is 0.122 e. The standard InChI is InChI=1S/C67H47N3/c1-6-20-48(21-7-1)49-34-39-54(40-35-49)68(55-41-36-50(37-42-55)51-38-44-62-61-31-17-19-33-65(61)69(66(62)46-51)53-24-10-3-11-25-53)58-43-45-60-59-30-16-18-32-63(59)67(64(60)47-58,52-22-8-2-9-23-52)70(56-26-12-4-13-27-56)57-28-14-5-15-29-57/h1-47H. The van der Waals surface area contributed by atoms with Gasteiger partial charge in [0.05, 0.1) is 11.0 Å². The Kier molecular flexibility index (Phi) is 10.1. The first-order valence-corrected chi connectivity index (χ1v) is 24.1. The molecule has 1 atom stereocenters. The first-order valence-electron chi connectivity index (χ1n) is 24.1. The highest BCUT2D eigenvalue weighted by Crippen LogP contribution is 2.58. The van der Waals surface area contributed by atoms with E-state index in [1.54, 1.807) is 0 Å². The Morgan fingerprint density at radius 1 is 0.286 bits per heavy atom. The summed E-state index contributed by atoms with van der Waals surface area (Å²) in [5.74, 6) is 0. The summed E-state index contributed by atoms with van der Waals surface area (Å²) in [5.41, 5.74) is 19.0. The molecule has 0 saturated heterocycles. The number of nitrogens with zero attached hydrogens (tertiary/aromatic N) is 3. The van der Waals surface area contributed by atoms with Gasteiger partial charge in [0.1, 0.15) is 5.54 Å². The fourth-order valence-corrected chi connectivity index (χ4v) is 11.1. The van der Waals surface area contributed by atoms with Crippen molar-refractivity contribution in [2.45, 2.75) is 5.54 Å². The Bertz CT molecular complexity index is 3750. The molecule has 1 heterocycles. The molecular weight excluding hydrogens is 847 g/mol. The van der Waals surface area contributed by atoms with E-state index in [1.165, 1.54) is 66.3 Å². The van der Waals surface area contributed by atoms with Gasteiger partial charge in [-0.15, -0.1) is 0 Å². The van der Waals surface area contributed by atoms with Crippen LogP contribution in [0.4, 0.5) is 28.4 Å². The molecule has 11 aromatic carbocycles. The van der Waals surface area contributed by atoms with Gasteiger partial charge in [-0.05, 0) is 135 Å². The molecule has 1 unspecified atom stereocenters. The van der Waals surface area contributed by atoms with Crippen molar-refractivity contribution in [3.8, 4) is 39.1 Å². The zero-order chi connectivity index (χ0) is 46.4. The summed E-state index contributed by atoms with van der Waals surface area (Å²) in [4.78, 5) is 4.97. The zero-order valence-corrected chi connectivity index (χ0v) is 38.5. The van der Waals surface area contributed by atoms with E-state index in [9.17, 15) is 0 Å². The van der Waals surface area contributed by atoms with E-state index in [0.29, 0.717) is 0 Å². The van der Waals surface area contributed by atoms with E-state index in [1.807, 2.05) is 0 Å². The normalized spacial score (nSPS) is 13.8. The van der Waals surface area contributed by atoms with Crippen LogP contribution in [0.3, 0.4) is 0 Å². The molecule has 0 N–H and O–H groups in total. The maximum absolute atomic E-state index is 2.55. The Morgan fingerprint density at radius 3 is 1.41 bits per heavy atom. The van der Waals surface area contributed by atoms with Gasteiger partial charge in [-0.2, -0.15) is 0 Å². The van der Waals surface area contributed by atoms with Gasteiger partial charge in [0.2, 0.25) is 0 Å². The van der Waals surface area contributed by atoms with Gasteiger partial charge in [0.15, 0.2) is 0 Å². The summed E-state index contributed by atoms with van der Waals surface area (Å²) >= 11 is 0. The van der Waals surface area contributed by atoms with Crippen LogP contribution in [0.25, 0.3) is 60.9 Å². The predicted molar refractivity (Wildman–Crippen MR) is 293 cm³/mol. The highest BCUT2D eigenvalue weighted by atomic mass is 15.2. The van der Waals surface area contributed by atoms with Crippen molar-refractivity contribution in [2.24, 2.45) is 0 Å². The molecule has 12 aromatic rings. The topological polar surface area (TPSA) is 11.4 Å². The fraction of sp³-hybridized carbons (Fsp3) is 0.0149. The second kappa shape index (κ2) is 17.2. The predicted octanol–water partition coefficient (Wildman–Crippen LogP) is 17.7. The molecule has 13 rings (SSSR count). The van der Waals surface area contributed by atoms with Gasteiger partial charge >= 0.3 is 0 Å². The molecule has 0 amide bonds. The van der Waals surface area contributed by atoms with Crippen molar-refractivity contribution in [1.82, 2.24) is 4.57 Å². The molecule has 1 aliphatic rings. The quantitative estimate of drug-likeness (QED) is 0.136. The van der Waals surface area contributed by atoms with Gasteiger partial charge < -0.3 is 14.4 Å². The van der Waals surface area contributed by atoms with Gasteiger partial charge in [-0.25, -0.2) is 0 Å². The van der Waals surface area contributed by atoms with Crippen LogP contribution < -0.4 is 9.80 Å². The first-order chi connectivity index (χ1) is 34.7. The minimum absolute atomic E-state index is 0.737. The molecule has 0 bridgehead atoms. The molecule has 0 saturated carbocycles. The Labute approximate surface area is 409 Å². The van der Waals surface area contributed by atoms with Crippen LogP contribution in [0.5, 0.6) is 0 Å². The SMILES string of the molecule is c1ccc(-c2ccc(N(c3ccc(-c4ccc5c6ccccc6n(-c6ccccc6)c5c4)cc3)c3ccc4c(c3)C(c3ccccc3)(N(c3ccccc3)c3ccccc3)c3ccccc3-4)cc2)cc1. The molecule has 70 heavy (non-hydrogen) atoms. The third-order valence-electron chi connectivity index (χ3n) is 14.2. The highest BCUT2D eigenvalue weighted by Gasteiger charge is 2.50. The van der Waals surface area contributed by atoms with Crippen LogP contribution in [0.15, 0.2) is 285 Å². The average molecular weight is 894 g/mol. The van der Waals surface area contributed by atoms with Crippen molar-refractivity contribution >= 4 is 50.2 Å². The molecule has 3 heteroatoms. The third kappa shape index (κ3) is 6.74. The van der Waals surface area contributed by atoms with Crippen molar-refractivity contribution < 1.29 is 0 Å². The summed E-state index contributed by atoms with van der Waals surface area (Å²) < 4.78 is 2.39. The second-order valence-corrected chi connectivity index (χ2v) is 18.1. The molecular formula is C67H47N3. The largest absolute Gasteiger partial charge is 0.323 e. The minimum Gasteiger partial charge on any atom is -0.323 e. The molecule has 1 aliphatic carbocycles. The number of benzene rings is 11. The lowest BCUT2D eigenvalue weighted by atomic mass is 9.78. The van der Waals surface area contributed by atoms with E-state index in [4.69, 9.17) is 0 Å². The van der Waals surface area contributed by atoms with Crippen molar-refractivity contribution in [1.29, 1.82) is 0 Å². The first kappa shape index (κ1) is 41.0. The maximum atomic E-state index is 2.55. The van der Waals surface area contributed by atoms with Crippen molar-refractivity contribution in [2.75, 3.05) is 9.80 Å². The van der Waals surface area contributed by atoms with Crippen LogP contribution in [0.1, 0.15) is 16.7 Å². The fourth-order valence-electron chi connectivity index (χ4n) is 11.1. The third-order valence-corrected chi connectivity index (χ3v) is 14.2. The number of para-hydroxylation sites is 4. The Hall–Kier alpha value is -9.18. The lowest BCUT2D eigenvalue weighted by molar-refractivity contribution is 0.644. The van der Waals surface area contributed by atoms with Gasteiger partial charge in [0.25, 0.3) is 0 Å². The molecule has 3 nitrogen and oxygen atoms in total. The van der Waals surface area contributed by atoms with E-state index < -0.39 is 5.54 Å². The number of aromatic nitrogens is 1. The van der Waals surface area contributed by atoms with Crippen LogP contribution in [0, 0.1) is 0 Å². The highest BCUT2D eigenvalue weighted by molar-refractivity contribution is 6.10. The van der Waals surface area contributed by atoms with Crippen molar-refractivity contribution in [3.63, 3.8) is 0 Å². The monoisotopic (exact) mass is 893 g/mol. The summed E-state index contributed by atoms with van der Waals surface area (Å²) in [6.45, 7) is 0. The van der Waals surface area contributed by atoms with Gasteiger partial charge in [0, 0.05) is 44.9 Å². The molecule has 0 spiro atoms. The number of hydrogen-bond donors (Lipinski definition) is 0. The van der Waals surface area contributed by atoms with Gasteiger partial charge in [-0.3, -0.25) is 0 Å². The Morgan fingerprint density at radius 2 is 0.757 bits per heavy atom. The maximum Gasteiger partial charge on any atom is 0.122 e. The molecule has 330 valence electrons. The summed E-state index contributed by atoms with van der Waals surface area (Å²) in [5, 5.41) is 2.50. The summed E-state index contributed by atoms with van der Waals surface area (Å²) in [6.07, 6.45) is 0. The lowest BCUT2D eigenvalue weighted by Crippen LogP contribution is -2.44. The van der Waals surface area contributed by atoms with Gasteiger partial charge in [-0.1, -0.05) is 200 Å². The summed E-state index contributed by atoms with van der Waals surface area (Å²) in [6, 6.07) is 104. The lowest BCUT2D eigenvalue weighted by Gasteiger charge is -2.45. The van der Waals surface area contributed by atoms with Crippen LogP contribution >= 0.6 is 0 Å². The van der Waals surface area contributed by atoms with Crippen LogP contribution in [-0.4, -0.2) is 4.57 Å². The average Bonchev–Trinajstić information content (AvgIpc) is 3.93. The van der Waals surface area contributed by atoms with E-state index in [2.05, 4.69) is 299 Å². The van der Waals surface area contributed by atoms with Crippen LogP contribution in [-0.2, 0) is 5.54 Å². The van der Waals surface area contributed by atoms with E-state index >= 15 is 0 Å². The number of anilines is 5. The number of rotatable bonds is 10. The molecule has 1 aromatic heterocycles. The van der Waals surface area contributed by atoms with E-state index in [0.717, 1.165) is 39.7 Å². The summed E-state index contributed by atoms with van der Waals surface area (Å²) in [7, 11) is 0. The molecule has 0 fully saturated rings. The second-order valence-electron chi connectivity index (χ2n) is 18.1. The number of hydrogen-bond acceptors (Lipinski definition) is 2.